The molecular weight excluding hydrogens is 654 g/mol. The number of carbonyl (C=O) groups is 4. The van der Waals surface area contributed by atoms with Crippen LogP contribution in [0, 0.1) is 0 Å². The summed E-state index contributed by atoms with van der Waals surface area (Å²) in [6, 6.07) is 14.5. The van der Waals surface area contributed by atoms with E-state index in [0.717, 1.165) is 42.1 Å². The number of amides is 2. The quantitative estimate of drug-likeness (QED) is 0.0447. The Bertz CT molecular complexity index is 2050. The van der Waals surface area contributed by atoms with E-state index in [1.807, 2.05) is 41.9 Å². The largest absolute Gasteiger partial charge is 0.435 e. The minimum Gasteiger partial charge on any atom is -0.394 e. The van der Waals surface area contributed by atoms with Gasteiger partial charge in [0.25, 0.3) is 0 Å². The predicted octanol–water partition coefficient (Wildman–Crippen LogP) is 6.00. The number of likely N-dealkylation sites (tertiary alicyclic amines) is 2. The van der Waals surface area contributed by atoms with Crippen LogP contribution in [0.5, 0.6) is 0 Å². The molecule has 0 saturated carbocycles. The van der Waals surface area contributed by atoms with Crippen molar-refractivity contribution in [1.29, 1.82) is 0 Å². The van der Waals surface area contributed by atoms with Gasteiger partial charge in [0.15, 0.2) is 5.71 Å². The third-order valence-corrected chi connectivity index (χ3v) is 9.29. The van der Waals surface area contributed by atoms with Crippen LogP contribution in [0.15, 0.2) is 71.5 Å². The van der Waals surface area contributed by atoms with Crippen LogP contribution in [-0.2, 0) is 21.5 Å². The number of fused-ring (bicyclic) bond motifs is 5. The molecule has 0 aliphatic carbocycles. The summed E-state index contributed by atoms with van der Waals surface area (Å²) in [5.74, 6) is -0.902. The average molecular weight is 696 g/mol. The Kier molecular flexibility index (Phi) is 11.2. The topological polar surface area (TPSA) is 152 Å². The molecule has 3 aromatic carbocycles. The number of nitrogens with zero attached hydrogens (tertiary/aromatic N) is 5. The first-order chi connectivity index (χ1) is 24.8. The molecule has 0 bridgehead atoms. The zero-order chi connectivity index (χ0) is 35.9. The summed E-state index contributed by atoms with van der Waals surface area (Å²) in [4.78, 5) is 66.8. The van der Waals surface area contributed by atoms with Crippen molar-refractivity contribution < 1.29 is 38.7 Å². The van der Waals surface area contributed by atoms with Gasteiger partial charge in [-0.2, -0.15) is 0 Å². The second kappa shape index (κ2) is 16.1. The molecule has 13 heteroatoms. The van der Waals surface area contributed by atoms with E-state index in [2.05, 4.69) is 16.9 Å². The molecule has 6 rings (SSSR count). The summed E-state index contributed by atoms with van der Waals surface area (Å²) in [7, 11) is 1.92. The van der Waals surface area contributed by atoms with Crippen molar-refractivity contribution in [2.75, 3.05) is 46.0 Å². The Labute approximate surface area is 294 Å². The van der Waals surface area contributed by atoms with Crippen LogP contribution in [0.2, 0.25) is 0 Å². The molecular formula is C38H41N5O8. The van der Waals surface area contributed by atoms with Crippen molar-refractivity contribution in [2.45, 2.75) is 38.5 Å². The number of oxime groups is 2. The van der Waals surface area contributed by atoms with E-state index in [0.29, 0.717) is 59.9 Å². The van der Waals surface area contributed by atoms with E-state index in [1.165, 1.54) is 4.90 Å². The Morgan fingerprint density at radius 1 is 0.804 bits per heavy atom. The summed E-state index contributed by atoms with van der Waals surface area (Å²) >= 11 is 0. The molecule has 13 nitrogen and oxygen atoms in total. The molecule has 3 heterocycles. The molecule has 2 amide bonds. The van der Waals surface area contributed by atoms with E-state index < -0.39 is 23.8 Å². The summed E-state index contributed by atoms with van der Waals surface area (Å²) in [6.45, 7) is 5.45. The molecule has 1 N–H and O–H groups in total. The van der Waals surface area contributed by atoms with E-state index in [9.17, 15) is 24.3 Å². The molecule has 0 atom stereocenters. The van der Waals surface area contributed by atoms with Crippen molar-refractivity contribution in [3.8, 4) is 0 Å². The number of hydrogen-bond donors (Lipinski definition) is 1. The van der Waals surface area contributed by atoms with Crippen molar-refractivity contribution in [2.24, 2.45) is 17.4 Å². The van der Waals surface area contributed by atoms with Gasteiger partial charge in [-0.25, -0.2) is 9.59 Å². The van der Waals surface area contributed by atoms with Gasteiger partial charge in [0, 0.05) is 72.4 Å². The van der Waals surface area contributed by atoms with E-state index >= 15 is 0 Å². The number of aliphatic hydroxyl groups excluding tert-OH is 1. The number of benzene rings is 3. The third kappa shape index (κ3) is 7.54. The third-order valence-electron chi connectivity index (χ3n) is 9.29. The fourth-order valence-corrected chi connectivity index (χ4v) is 6.65. The maximum absolute atomic E-state index is 14.3. The highest BCUT2D eigenvalue weighted by Gasteiger charge is 2.26. The van der Waals surface area contributed by atoms with E-state index in [1.54, 1.807) is 29.2 Å². The highest BCUT2D eigenvalue weighted by Crippen LogP contribution is 2.36. The highest BCUT2D eigenvalue weighted by atomic mass is 16.7. The second-order valence-corrected chi connectivity index (χ2v) is 12.6. The van der Waals surface area contributed by atoms with Gasteiger partial charge in [-0.1, -0.05) is 40.7 Å². The van der Waals surface area contributed by atoms with Crippen LogP contribution in [0.4, 0.5) is 9.59 Å². The molecule has 1 aromatic heterocycles. The molecule has 2 aliphatic heterocycles. The lowest BCUT2D eigenvalue weighted by atomic mass is 9.95. The van der Waals surface area contributed by atoms with Crippen LogP contribution in [0.3, 0.4) is 0 Å². The number of allylic oxidation sites excluding steroid dienone is 1. The zero-order valence-corrected chi connectivity index (χ0v) is 28.6. The number of Topliss-reactive ketones (excluding diaryl/α,β-unsaturated/α-hetero) is 2. The standard InChI is InChI=1S/C38H41N5O8/c1-3-4-13-31(39-50-37(47)42-16-7-8-17-42)35(45)25-14-15-33-28(22-25)29-23-30(26-11-5-6-12-27(26)34(29)41(33)2)36(46)32(24-49-21-20-44)40-51-38(48)43-18-9-10-19-43/h3,5-6,11-12,14-15,22-23,44H,1,4,7-10,13,16-21,24H2,2H3/b39-31+,40-32+. The minimum absolute atomic E-state index is 0.0399. The lowest BCUT2D eigenvalue weighted by molar-refractivity contribution is 0.0952. The van der Waals surface area contributed by atoms with Gasteiger partial charge >= 0.3 is 12.2 Å². The Morgan fingerprint density at radius 2 is 1.43 bits per heavy atom. The summed E-state index contributed by atoms with van der Waals surface area (Å²) in [6.07, 6.45) is 4.65. The monoisotopic (exact) mass is 695 g/mol. The Morgan fingerprint density at radius 3 is 2.06 bits per heavy atom. The molecule has 4 aromatic rings. The van der Waals surface area contributed by atoms with Crippen molar-refractivity contribution in [3.63, 3.8) is 0 Å². The number of carbonyl (C=O) groups excluding carboxylic acids is 4. The summed E-state index contributed by atoms with van der Waals surface area (Å²) in [5, 5.41) is 20.1. The number of hydrogen-bond acceptors (Lipinski definition) is 10. The van der Waals surface area contributed by atoms with E-state index in [-0.39, 0.29) is 37.7 Å². The van der Waals surface area contributed by atoms with Crippen molar-refractivity contribution in [3.05, 3.63) is 72.3 Å². The number of rotatable bonds is 13. The molecule has 2 saturated heterocycles. The molecule has 0 spiro atoms. The van der Waals surface area contributed by atoms with Gasteiger partial charge in [0.2, 0.25) is 11.6 Å². The molecule has 2 fully saturated rings. The molecule has 266 valence electrons. The fraction of sp³-hybridized carbons (Fsp3) is 0.368. The first-order valence-electron chi connectivity index (χ1n) is 17.2. The van der Waals surface area contributed by atoms with Gasteiger partial charge in [-0.05, 0) is 61.8 Å². The normalized spacial score (nSPS) is 15.3. The number of ketones is 2. The molecule has 51 heavy (non-hydrogen) atoms. The Hall–Kier alpha value is -5.40. The number of ether oxygens (including phenoxy) is 1. The van der Waals surface area contributed by atoms with Crippen LogP contribution >= 0.6 is 0 Å². The first-order valence-corrected chi connectivity index (χ1v) is 17.2. The molecule has 0 radical (unpaired) electrons. The van der Waals surface area contributed by atoms with Crippen molar-refractivity contribution in [1.82, 2.24) is 14.4 Å². The Balaban J connectivity index is 1.41. The smallest absolute Gasteiger partial charge is 0.394 e. The minimum atomic E-state index is -0.645. The maximum Gasteiger partial charge on any atom is 0.435 e. The highest BCUT2D eigenvalue weighted by molar-refractivity contribution is 6.49. The lowest BCUT2D eigenvalue weighted by Gasteiger charge is -2.13. The lowest BCUT2D eigenvalue weighted by Crippen LogP contribution is -2.29. The van der Waals surface area contributed by atoms with Gasteiger partial charge in [0.1, 0.15) is 5.71 Å². The zero-order valence-electron chi connectivity index (χ0n) is 28.6. The number of aliphatic hydroxyl groups is 1. The first kappa shape index (κ1) is 35.4. The van der Waals surface area contributed by atoms with E-state index in [4.69, 9.17) is 14.4 Å². The number of aromatic nitrogens is 1. The summed E-state index contributed by atoms with van der Waals surface area (Å²) < 4.78 is 7.49. The predicted molar refractivity (Wildman–Crippen MR) is 193 cm³/mol. The van der Waals surface area contributed by atoms with Crippen LogP contribution in [-0.4, -0.2) is 101 Å². The molecule has 2 aliphatic rings. The van der Waals surface area contributed by atoms with Gasteiger partial charge in [-0.3, -0.25) is 19.3 Å². The summed E-state index contributed by atoms with van der Waals surface area (Å²) in [5.41, 5.74) is 2.26. The SMILES string of the molecule is C=CCC/C(=N\OC(=O)N1CCCC1)C(=O)c1ccc2c(c1)c1cc(C(=O)/C(COCCO)=N/OC(=O)N3CCCC3)c3ccccc3c1n2C. The van der Waals surface area contributed by atoms with Gasteiger partial charge < -0.3 is 24.2 Å². The molecule has 0 unspecified atom stereocenters. The van der Waals surface area contributed by atoms with Gasteiger partial charge in [0.05, 0.1) is 25.3 Å². The fourth-order valence-electron chi connectivity index (χ4n) is 6.65. The maximum atomic E-state index is 14.3. The van der Waals surface area contributed by atoms with Gasteiger partial charge in [-0.15, -0.1) is 6.58 Å². The van der Waals surface area contributed by atoms with Crippen molar-refractivity contribution >= 4 is 67.8 Å². The second-order valence-electron chi connectivity index (χ2n) is 12.6. The van der Waals surface area contributed by atoms with Crippen LogP contribution in [0.1, 0.15) is 59.2 Å². The van der Waals surface area contributed by atoms with Crippen LogP contribution in [0.25, 0.3) is 32.6 Å². The van der Waals surface area contributed by atoms with Crippen LogP contribution < -0.4 is 0 Å². The number of aryl methyl sites for hydroxylation is 1. The average Bonchev–Trinajstić information content (AvgIpc) is 3.94.